The SMILES string of the molecule is Nc1ccc2c(Oc3ccc(Br)cc3F)ncnc2c1. The summed E-state index contributed by atoms with van der Waals surface area (Å²) in [5, 5.41) is 0.670. The van der Waals surface area contributed by atoms with Gasteiger partial charge in [-0.2, -0.15) is 0 Å². The first-order valence-corrected chi connectivity index (χ1v) is 6.56. The third-order valence-electron chi connectivity index (χ3n) is 2.72. The summed E-state index contributed by atoms with van der Waals surface area (Å²) in [7, 11) is 0. The average Bonchev–Trinajstić information content (AvgIpc) is 2.41. The zero-order chi connectivity index (χ0) is 14.1. The molecule has 1 aromatic heterocycles. The highest BCUT2D eigenvalue weighted by molar-refractivity contribution is 9.10. The van der Waals surface area contributed by atoms with E-state index in [1.807, 2.05) is 0 Å². The summed E-state index contributed by atoms with van der Waals surface area (Å²) in [6.07, 6.45) is 1.36. The molecule has 100 valence electrons. The fraction of sp³-hybridized carbons (Fsp3) is 0. The fourth-order valence-electron chi connectivity index (χ4n) is 1.79. The Kier molecular flexibility index (Phi) is 3.23. The number of rotatable bonds is 2. The molecular weight excluding hydrogens is 325 g/mol. The molecule has 0 bridgehead atoms. The lowest BCUT2D eigenvalue weighted by atomic mass is 10.2. The average molecular weight is 334 g/mol. The Bertz CT molecular complexity index is 794. The van der Waals surface area contributed by atoms with E-state index < -0.39 is 5.82 Å². The quantitative estimate of drug-likeness (QED) is 0.722. The van der Waals surface area contributed by atoms with E-state index in [0.29, 0.717) is 21.1 Å². The molecule has 0 aliphatic heterocycles. The molecule has 2 N–H and O–H groups in total. The third kappa shape index (κ3) is 2.42. The number of hydrogen-bond donors (Lipinski definition) is 1. The van der Waals surface area contributed by atoms with Gasteiger partial charge in [-0.05, 0) is 36.4 Å². The van der Waals surface area contributed by atoms with Gasteiger partial charge in [-0.1, -0.05) is 15.9 Å². The summed E-state index contributed by atoms with van der Waals surface area (Å²) < 4.78 is 20.0. The summed E-state index contributed by atoms with van der Waals surface area (Å²) in [5.74, 6) is -0.0807. The number of nitrogen functional groups attached to an aromatic ring is 1. The maximum atomic E-state index is 13.8. The summed E-state index contributed by atoms with van der Waals surface area (Å²) in [6, 6.07) is 9.73. The molecule has 2 aromatic carbocycles. The molecule has 4 nitrogen and oxygen atoms in total. The van der Waals surface area contributed by atoms with Crippen LogP contribution in [0.15, 0.2) is 47.2 Å². The van der Waals surface area contributed by atoms with Crippen LogP contribution in [0.3, 0.4) is 0 Å². The molecule has 0 atom stereocenters. The predicted octanol–water partition coefficient (Wildman–Crippen LogP) is 3.91. The first-order chi connectivity index (χ1) is 9.63. The van der Waals surface area contributed by atoms with Crippen LogP contribution in [0.5, 0.6) is 11.6 Å². The number of nitrogens with two attached hydrogens (primary N) is 1. The van der Waals surface area contributed by atoms with Crippen LogP contribution < -0.4 is 10.5 Å². The Balaban J connectivity index is 2.06. The first-order valence-electron chi connectivity index (χ1n) is 5.76. The minimum atomic E-state index is -0.471. The number of benzene rings is 2. The number of aromatic nitrogens is 2. The van der Waals surface area contributed by atoms with Gasteiger partial charge >= 0.3 is 0 Å². The van der Waals surface area contributed by atoms with Crippen molar-refractivity contribution in [2.75, 3.05) is 5.73 Å². The number of ether oxygens (including phenoxy) is 1. The minimum absolute atomic E-state index is 0.102. The minimum Gasteiger partial charge on any atom is -0.435 e. The molecule has 0 saturated carbocycles. The van der Waals surface area contributed by atoms with Gasteiger partial charge in [0.2, 0.25) is 5.88 Å². The first kappa shape index (κ1) is 12.8. The zero-order valence-corrected chi connectivity index (χ0v) is 11.8. The van der Waals surface area contributed by atoms with Crippen LogP contribution in [0, 0.1) is 5.82 Å². The number of halogens is 2. The molecule has 20 heavy (non-hydrogen) atoms. The van der Waals surface area contributed by atoms with Crippen molar-refractivity contribution in [1.82, 2.24) is 9.97 Å². The van der Waals surface area contributed by atoms with Crippen molar-refractivity contribution in [2.24, 2.45) is 0 Å². The van der Waals surface area contributed by atoms with Gasteiger partial charge in [-0.25, -0.2) is 14.4 Å². The van der Waals surface area contributed by atoms with Crippen LogP contribution in [0.1, 0.15) is 0 Å². The predicted molar refractivity (Wildman–Crippen MR) is 78.1 cm³/mol. The third-order valence-corrected chi connectivity index (χ3v) is 3.22. The van der Waals surface area contributed by atoms with Crippen LogP contribution >= 0.6 is 15.9 Å². The summed E-state index contributed by atoms with van der Waals surface area (Å²) >= 11 is 3.19. The van der Waals surface area contributed by atoms with Crippen molar-refractivity contribution in [3.8, 4) is 11.6 Å². The van der Waals surface area contributed by atoms with Crippen LogP contribution in [-0.4, -0.2) is 9.97 Å². The number of nitrogens with zero attached hydrogens (tertiary/aromatic N) is 2. The zero-order valence-electron chi connectivity index (χ0n) is 10.2. The molecule has 1 heterocycles. The van der Waals surface area contributed by atoms with Crippen molar-refractivity contribution in [1.29, 1.82) is 0 Å². The van der Waals surface area contributed by atoms with Crippen LogP contribution in [0.4, 0.5) is 10.1 Å². The highest BCUT2D eigenvalue weighted by Crippen LogP contribution is 2.30. The second kappa shape index (κ2) is 5.05. The fourth-order valence-corrected chi connectivity index (χ4v) is 2.13. The van der Waals surface area contributed by atoms with Gasteiger partial charge in [0.25, 0.3) is 0 Å². The topological polar surface area (TPSA) is 61.0 Å². The van der Waals surface area contributed by atoms with Crippen molar-refractivity contribution in [2.45, 2.75) is 0 Å². The molecule has 0 radical (unpaired) electrons. The Labute approximate surface area is 122 Å². The number of fused-ring (bicyclic) bond motifs is 1. The van der Waals surface area contributed by atoms with Crippen molar-refractivity contribution in [3.05, 3.63) is 53.0 Å². The Morgan fingerprint density at radius 3 is 2.75 bits per heavy atom. The molecular formula is C14H9BrFN3O. The summed E-state index contributed by atoms with van der Waals surface area (Å²) in [4.78, 5) is 8.15. The molecule has 0 aliphatic rings. The normalized spacial score (nSPS) is 10.7. The highest BCUT2D eigenvalue weighted by atomic mass is 79.9. The van der Waals surface area contributed by atoms with Crippen molar-refractivity contribution in [3.63, 3.8) is 0 Å². The molecule has 0 spiro atoms. The van der Waals surface area contributed by atoms with Gasteiger partial charge in [0.15, 0.2) is 11.6 Å². The van der Waals surface area contributed by atoms with Gasteiger partial charge in [-0.15, -0.1) is 0 Å². The van der Waals surface area contributed by atoms with E-state index in [1.54, 1.807) is 24.3 Å². The van der Waals surface area contributed by atoms with E-state index in [2.05, 4.69) is 25.9 Å². The molecule has 0 unspecified atom stereocenters. The van der Waals surface area contributed by atoms with E-state index in [0.717, 1.165) is 0 Å². The maximum absolute atomic E-state index is 13.8. The Hall–Kier alpha value is -2.21. The number of hydrogen-bond acceptors (Lipinski definition) is 4. The second-order valence-electron chi connectivity index (χ2n) is 4.13. The Morgan fingerprint density at radius 2 is 1.95 bits per heavy atom. The van der Waals surface area contributed by atoms with Gasteiger partial charge < -0.3 is 10.5 Å². The van der Waals surface area contributed by atoms with Crippen molar-refractivity contribution >= 4 is 32.5 Å². The molecule has 6 heteroatoms. The lowest BCUT2D eigenvalue weighted by Gasteiger charge is -2.08. The molecule has 0 fully saturated rings. The van der Waals surface area contributed by atoms with E-state index in [9.17, 15) is 4.39 Å². The molecule has 0 aliphatic carbocycles. The highest BCUT2D eigenvalue weighted by Gasteiger charge is 2.10. The largest absolute Gasteiger partial charge is 0.435 e. The number of anilines is 1. The lowest BCUT2D eigenvalue weighted by molar-refractivity contribution is 0.431. The van der Waals surface area contributed by atoms with Gasteiger partial charge in [0.05, 0.1) is 10.9 Å². The van der Waals surface area contributed by atoms with Crippen molar-refractivity contribution < 1.29 is 9.13 Å². The van der Waals surface area contributed by atoms with Gasteiger partial charge in [-0.3, -0.25) is 0 Å². The standard InChI is InChI=1S/C14H9BrFN3O/c15-8-1-4-13(11(16)5-8)20-14-10-3-2-9(17)6-12(10)18-7-19-14/h1-7H,17H2. The van der Waals surface area contributed by atoms with Crippen LogP contribution in [0.25, 0.3) is 10.9 Å². The van der Waals surface area contributed by atoms with E-state index in [1.165, 1.54) is 18.5 Å². The molecule has 0 amide bonds. The van der Waals surface area contributed by atoms with Crippen LogP contribution in [0.2, 0.25) is 0 Å². The monoisotopic (exact) mass is 333 g/mol. The lowest BCUT2D eigenvalue weighted by Crippen LogP contribution is -1.94. The van der Waals surface area contributed by atoms with E-state index in [-0.39, 0.29) is 11.6 Å². The summed E-state index contributed by atoms with van der Waals surface area (Å²) in [6.45, 7) is 0. The maximum Gasteiger partial charge on any atom is 0.230 e. The second-order valence-corrected chi connectivity index (χ2v) is 5.05. The van der Waals surface area contributed by atoms with Crippen LogP contribution in [-0.2, 0) is 0 Å². The molecule has 3 aromatic rings. The summed E-state index contributed by atoms with van der Waals surface area (Å²) in [5.41, 5.74) is 6.94. The molecule has 0 saturated heterocycles. The smallest absolute Gasteiger partial charge is 0.230 e. The van der Waals surface area contributed by atoms with E-state index in [4.69, 9.17) is 10.5 Å². The van der Waals surface area contributed by atoms with Gasteiger partial charge in [0.1, 0.15) is 6.33 Å². The molecule has 3 rings (SSSR count). The Morgan fingerprint density at radius 1 is 1.10 bits per heavy atom. The van der Waals surface area contributed by atoms with E-state index >= 15 is 0 Å². The van der Waals surface area contributed by atoms with Gasteiger partial charge in [0, 0.05) is 10.2 Å².